The van der Waals surface area contributed by atoms with E-state index in [1.165, 1.54) is 4.88 Å². The number of aliphatic hydroxyl groups is 1. The zero-order valence-corrected chi connectivity index (χ0v) is 11.1. The number of hydrogen-bond acceptors (Lipinski definition) is 5. The molecule has 0 bridgehead atoms. The Hall–Kier alpha value is -1.27. The zero-order valence-electron chi connectivity index (χ0n) is 10.3. The predicted octanol–water partition coefficient (Wildman–Crippen LogP) is 1.79. The van der Waals surface area contributed by atoms with Crippen LogP contribution in [0.25, 0.3) is 5.13 Å². The van der Waals surface area contributed by atoms with Gasteiger partial charge in [-0.05, 0) is 20.3 Å². The lowest BCUT2D eigenvalue weighted by Gasteiger charge is -2.02. The Morgan fingerprint density at radius 3 is 2.65 bits per heavy atom. The number of rotatable bonds is 4. The average Bonchev–Trinajstić information content (AvgIpc) is 2.84. The van der Waals surface area contributed by atoms with E-state index in [1.807, 2.05) is 13.8 Å². The van der Waals surface area contributed by atoms with Crippen LogP contribution in [0.5, 0.6) is 0 Å². The third-order valence-electron chi connectivity index (χ3n) is 2.68. The topological polar surface area (TPSA) is 63.8 Å². The molecular weight excluding hydrogens is 236 g/mol. The standard InChI is InChI=1S/C11H16N4OS/c1-4-5-10-9(6-16)13-14-15(10)11-12-7(2)8(3)17-11/h16H,4-6H2,1-3H3. The molecule has 6 heteroatoms. The van der Waals surface area contributed by atoms with Crippen LogP contribution in [-0.2, 0) is 13.0 Å². The third-order valence-corrected chi connectivity index (χ3v) is 3.73. The smallest absolute Gasteiger partial charge is 0.212 e. The highest BCUT2D eigenvalue weighted by atomic mass is 32.1. The monoisotopic (exact) mass is 252 g/mol. The van der Waals surface area contributed by atoms with Gasteiger partial charge in [-0.25, -0.2) is 4.98 Å². The molecule has 92 valence electrons. The first-order chi connectivity index (χ1) is 8.17. The fraction of sp³-hybridized carbons (Fsp3) is 0.545. The van der Waals surface area contributed by atoms with E-state index in [-0.39, 0.29) is 6.61 Å². The van der Waals surface area contributed by atoms with Gasteiger partial charge < -0.3 is 5.11 Å². The van der Waals surface area contributed by atoms with Crippen molar-refractivity contribution in [3.63, 3.8) is 0 Å². The molecule has 0 spiro atoms. The molecule has 1 N–H and O–H groups in total. The van der Waals surface area contributed by atoms with Gasteiger partial charge in [0.05, 0.1) is 18.0 Å². The summed E-state index contributed by atoms with van der Waals surface area (Å²) in [6.07, 6.45) is 1.84. The van der Waals surface area contributed by atoms with E-state index in [0.717, 1.165) is 29.4 Å². The predicted molar refractivity (Wildman–Crippen MR) is 66.4 cm³/mol. The van der Waals surface area contributed by atoms with Crippen LogP contribution >= 0.6 is 11.3 Å². The van der Waals surface area contributed by atoms with Gasteiger partial charge in [-0.2, -0.15) is 4.68 Å². The molecule has 0 atom stereocenters. The number of aliphatic hydroxyl groups excluding tert-OH is 1. The van der Waals surface area contributed by atoms with E-state index in [0.29, 0.717) is 5.69 Å². The van der Waals surface area contributed by atoms with Gasteiger partial charge in [-0.3, -0.25) is 0 Å². The first kappa shape index (κ1) is 12.2. The molecule has 2 rings (SSSR count). The SMILES string of the molecule is CCCc1c(CO)nnn1-c1nc(C)c(C)s1. The van der Waals surface area contributed by atoms with Gasteiger partial charge in [0.25, 0.3) is 0 Å². The van der Waals surface area contributed by atoms with E-state index < -0.39 is 0 Å². The Kier molecular flexibility index (Phi) is 3.54. The molecule has 0 radical (unpaired) electrons. The Bertz CT molecular complexity index is 498. The van der Waals surface area contributed by atoms with Crippen molar-refractivity contribution in [2.45, 2.75) is 40.2 Å². The maximum atomic E-state index is 9.23. The molecule has 0 aliphatic heterocycles. The van der Waals surface area contributed by atoms with Crippen molar-refractivity contribution in [3.05, 3.63) is 22.0 Å². The summed E-state index contributed by atoms with van der Waals surface area (Å²) in [5.41, 5.74) is 2.63. The van der Waals surface area contributed by atoms with Crippen molar-refractivity contribution in [1.29, 1.82) is 0 Å². The summed E-state index contributed by atoms with van der Waals surface area (Å²) in [6.45, 7) is 6.05. The first-order valence-corrected chi connectivity index (χ1v) is 6.47. The van der Waals surface area contributed by atoms with Crippen LogP contribution in [0.2, 0.25) is 0 Å². The number of nitrogens with zero attached hydrogens (tertiary/aromatic N) is 4. The Morgan fingerprint density at radius 2 is 2.12 bits per heavy atom. The van der Waals surface area contributed by atoms with Crippen LogP contribution in [0.3, 0.4) is 0 Å². The third kappa shape index (κ3) is 2.23. The summed E-state index contributed by atoms with van der Waals surface area (Å²) in [6, 6.07) is 0. The first-order valence-electron chi connectivity index (χ1n) is 5.66. The highest BCUT2D eigenvalue weighted by Crippen LogP contribution is 2.22. The summed E-state index contributed by atoms with van der Waals surface area (Å²) < 4.78 is 1.75. The number of hydrogen-bond donors (Lipinski definition) is 1. The van der Waals surface area contributed by atoms with Gasteiger partial charge in [0.15, 0.2) is 0 Å². The van der Waals surface area contributed by atoms with Crippen molar-refractivity contribution < 1.29 is 5.11 Å². The average molecular weight is 252 g/mol. The van der Waals surface area contributed by atoms with Crippen LogP contribution in [0.4, 0.5) is 0 Å². The lowest BCUT2D eigenvalue weighted by molar-refractivity contribution is 0.275. The molecule has 0 fully saturated rings. The molecule has 17 heavy (non-hydrogen) atoms. The molecular formula is C11H16N4OS. The van der Waals surface area contributed by atoms with E-state index in [2.05, 4.69) is 22.2 Å². The number of thiazole rings is 1. The Labute approximate surface area is 104 Å². The molecule has 0 amide bonds. The molecule has 2 heterocycles. The summed E-state index contributed by atoms with van der Waals surface area (Å²) in [7, 11) is 0. The maximum Gasteiger partial charge on any atom is 0.212 e. The highest BCUT2D eigenvalue weighted by Gasteiger charge is 2.15. The molecule has 0 aliphatic carbocycles. The van der Waals surface area contributed by atoms with Crippen LogP contribution in [0.1, 0.15) is 35.3 Å². The molecule has 2 aromatic rings. The van der Waals surface area contributed by atoms with Crippen LogP contribution in [0.15, 0.2) is 0 Å². The molecule has 0 aliphatic rings. The minimum Gasteiger partial charge on any atom is -0.390 e. The van der Waals surface area contributed by atoms with E-state index in [4.69, 9.17) is 0 Å². The van der Waals surface area contributed by atoms with Gasteiger partial charge in [0.2, 0.25) is 5.13 Å². The Balaban J connectivity index is 2.47. The van der Waals surface area contributed by atoms with Gasteiger partial charge in [0.1, 0.15) is 5.69 Å². The fourth-order valence-corrected chi connectivity index (χ4v) is 2.53. The van der Waals surface area contributed by atoms with Crippen LogP contribution in [-0.4, -0.2) is 25.1 Å². The molecule has 2 aromatic heterocycles. The quantitative estimate of drug-likeness (QED) is 0.901. The summed E-state index contributed by atoms with van der Waals surface area (Å²) in [4.78, 5) is 5.65. The van der Waals surface area contributed by atoms with Gasteiger partial charge in [-0.1, -0.05) is 29.9 Å². The molecule has 0 aromatic carbocycles. The largest absolute Gasteiger partial charge is 0.390 e. The van der Waals surface area contributed by atoms with Gasteiger partial charge in [-0.15, -0.1) is 5.10 Å². The second-order valence-corrected chi connectivity index (χ2v) is 5.12. The van der Waals surface area contributed by atoms with Crippen LogP contribution < -0.4 is 0 Å². The van der Waals surface area contributed by atoms with Gasteiger partial charge in [0, 0.05) is 4.88 Å². The van der Waals surface area contributed by atoms with Crippen molar-refractivity contribution in [2.75, 3.05) is 0 Å². The second-order valence-electron chi connectivity index (χ2n) is 3.94. The van der Waals surface area contributed by atoms with Crippen LogP contribution in [0, 0.1) is 13.8 Å². The summed E-state index contributed by atoms with van der Waals surface area (Å²) in [5.74, 6) is 0. The minimum absolute atomic E-state index is 0.0708. The highest BCUT2D eigenvalue weighted by molar-refractivity contribution is 7.14. The molecule has 5 nitrogen and oxygen atoms in total. The van der Waals surface area contributed by atoms with E-state index in [9.17, 15) is 5.11 Å². The lowest BCUT2D eigenvalue weighted by Crippen LogP contribution is -2.03. The maximum absolute atomic E-state index is 9.23. The van der Waals surface area contributed by atoms with Crippen molar-refractivity contribution in [2.24, 2.45) is 0 Å². The van der Waals surface area contributed by atoms with E-state index >= 15 is 0 Å². The summed E-state index contributed by atoms with van der Waals surface area (Å²) in [5, 5.41) is 18.1. The number of aromatic nitrogens is 4. The fourth-order valence-electron chi connectivity index (χ4n) is 1.64. The van der Waals surface area contributed by atoms with Crippen molar-refractivity contribution >= 4 is 11.3 Å². The normalized spacial score (nSPS) is 11.1. The van der Waals surface area contributed by atoms with E-state index in [1.54, 1.807) is 16.0 Å². The lowest BCUT2D eigenvalue weighted by atomic mass is 10.2. The summed E-state index contributed by atoms with van der Waals surface area (Å²) >= 11 is 1.60. The zero-order chi connectivity index (χ0) is 12.4. The van der Waals surface area contributed by atoms with Crippen molar-refractivity contribution in [1.82, 2.24) is 20.0 Å². The number of aryl methyl sites for hydroxylation is 2. The Morgan fingerprint density at radius 1 is 1.35 bits per heavy atom. The second kappa shape index (κ2) is 4.93. The molecule has 0 saturated heterocycles. The minimum atomic E-state index is -0.0708. The molecule has 0 unspecified atom stereocenters. The van der Waals surface area contributed by atoms with Crippen molar-refractivity contribution in [3.8, 4) is 5.13 Å². The molecule has 0 saturated carbocycles. The van der Waals surface area contributed by atoms with Gasteiger partial charge >= 0.3 is 0 Å².